The molecule has 0 N–H and O–H groups in total. The van der Waals surface area contributed by atoms with Crippen molar-refractivity contribution < 1.29 is 4.79 Å². The topological polar surface area (TPSA) is 74.8 Å². The van der Waals surface area contributed by atoms with E-state index in [1.807, 2.05) is 76.7 Å². The van der Waals surface area contributed by atoms with Crippen LogP contribution in [0.1, 0.15) is 10.7 Å². The van der Waals surface area contributed by atoms with E-state index < -0.39 is 0 Å². The fraction of sp³-hybridized carbons (Fsp3) is 0.130. The van der Waals surface area contributed by atoms with Gasteiger partial charge in [-0.2, -0.15) is 5.26 Å². The van der Waals surface area contributed by atoms with Gasteiger partial charge in [0.1, 0.15) is 12.4 Å². The van der Waals surface area contributed by atoms with Gasteiger partial charge in [-0.1, -0.05) is 54.2 Å². The van der Waals surface area contributed by atoms with E-state index in [4.69, 9.17) is 0 Å². The van der Waals surface area contributed by atoms with Gasteiger partial charge in [0.05, 0.1) is 11.8 Å². The zero-order chi connectivity index (χ0) is 21.5. The Bertz CT molecular complexity index is 1170. The van der Waals surface area contributed by atoms with Gasteiger partial charge in [-0.05, 0) is 35.7 Å². The number of aromatic nitrogens is 3. The molecule has 8 heteroatoms. The first-order chi connectivity index (χ1) is 15.3. The van der Waals surface area contributed by atoms with Gasteiger partial charge in [0.15, 0.2) is 5.16 Å². The lowest BCUT2D eigenvalue weighted by molar-refractivity contribution is -0.116. The van der Waals surface area contributed by atoms with Crippen LogP contribution in [-0.4, -0.2) is 33.0 Å². The number of hydrogen-bond donors (Lipinski definition) is 0. The molecule has 2 aromatic heterocycles. The Balaban J connectivity index is 1.57. The number of benzene rings is 2. The Morgan fingerprint density at radius 3 is 2.45 bits per heavy atom. The Hall–Kier alpha value is -3.41. The molecule has 0 bridgehead atoms. The van der Waals surface area contributed by atoms with Crippen molar-refractivity contribution in [1.29, 1.82) is 5.26 Å². The Kier molecular flexibility index (Phi) is 6.77. The predicted molar refractivity (Wildman–Crippen MR) is 124 cm³/mol. The average molecular weight is 446 g/mol. The maximum Gasteiger partial charge on any atom is 0.238 e. The largest absolute Gasteiger partial charge is 0.298 e. The highest BCUT2D eigenvalue weighted by atomic mass is 32.2. The molecule has 0 saturated carbocycles. The smallest absolute Gasteiger partial charge is 0.238 e. The third-order valence-electron chi connectivity index (χ3n) is 4.55. The van der Waals surface area contributed by atoms with Crippen LogP contribution >= 0.6 is 23.1 Å². The van der Waals surface area contributed by atoms with Crippen molar-refractivity contribution in [2.45, 2.75) is 11.6 Å². The summed E-state index contributed by atoms with van der Waals surface area (Å²) >= 11 is 3.00. The van der Waals surface area contributed by atoms with E-state index >= 15 is 0 Å². The molecular weight excluding hydrogens is 426 g/mol. The molecule has 4 rings (SSSR count). The molecule has 0 radical (unpaired) electrons. The van der Waals surface area contributed by atoms with Crippen LogP contribution in [0, 0.1) is 11.3 Å². The Morgan fingerprint density at radius 2 is 1.77 bits per heavy atom. The third kappa shape index (κ3) is 5.02. The lowest BCUT2D eigenvalue weighted by atomic mass is 10.3. The SMILES string of the molecule is N#CCN(C(=O)CSc1nnc(Cc2cccs2)n1-c1ccccc1)c1ccccc1. The molecule has 4 aromatic rings. The zero-order valence-electron chi connectivity index (χ0n) is 16.6. The molecule has 0 atom stereocenters. The molecular formula is C23H19N5OS2. The van der Waals surface area contributed by atoms with Gasteiger partial charge < -0.3 is 0 Å². The van der Waals surface area contributed by atoms with Crippen molar-refractivity contribution in [3.63, 3.8) is 0 Å². The van der Waals surface area contributed by atoms with Crippen LogP contribution in [-0.2, 0) is 11.2 Å². The van der Waals surface area contributed by atoms with Crippen LogP contribution < -0.4 is 4.90 Å². The second-order valence-electron chi connectivity index (χ2n) is 6.59. The molecule has 0 fully saturated rings. The van der Waals surface area contributed by atoms with Crippen molar-refractivity contribution in [3.8, 4) is 11.8 Å². The lowest BCUT2D eigenvalue weighted by Crippen LogP contribution is -2.32. The number of hydrogen-bond acceptors (Lipinski definition) is 6. The zero-order valence-corrected chi connectivity index (χ0v) is 18.2. The van der Waals surface area contributed by atoms with E-state index in [2.05, 4.69) is 22.3 Å². The van der Waals surface area contributed by atoms with Gasteiger partial charge in [-0.25, -0.2) is 0 Å². The first-order valence-corrected chi connectivity index (χ1v) is 11.5. The monoisotopic (exact) mass is 445 g/mol. The van der Waals surface area contributed by atoms with E-state index in [1.165, 1.54) is 21.5 Å². The molecule has 154 valence electrons. The quantitative estimate of drug-likeness (QED) is 0.293. The van der Waals surface area contributed by atoms with E-state index in [0.717, 1.165) is 11.5 Å². The minimum atomic E-state index is -0.153. The third-order valence-corrected chi connectivity index (χ3v) is 6.34. The normalized spacial score (nSPS) is 10.5. The Labute approximate surface area is 188 Å². The maximum absolute atomic E-state index is 12.9. The fourth-order valence-electron chi connectivity index (χ4n) is 3.12. The minimum absolute atomic E-state index is 0.00158. The number of rotatable bonds is 8. The van der Waals surface area contributed by atoms with Gasteiger partial charge in [0.2, 0.25) is 5.91 Å². The molecule has 0 aliphatic heterocycles. The van der Waals surface area contributed by atoms with Gasteiger partial charge in [-0.15, -0.1) is 21.5 Å². The number of para-hydroxylation sites is 2. The summed E-state index contributed by atoms with van der Waals surface area (Å²) in [5, 5.41) is 20.6. The van der Waals surface area contributed by atoms with E-state index in [9.17, 15) is 10.1 Å². The molecule has 0 aliphatic rings. The summed E-state index contributed by atoms with van der Waals surface area (Å²) < 4.78 is 1.99. The summed E-state index contributed by atoms with van der Waals surface area (Å²) in [6.07, 6.45) is 0.665. The summed E-state index contributed by atoms with van der Waals surface area (Å²) in [6, 6.07) is 25.3. The van der Waals surface area contributed by atoms with Crippen molar-refractivity contribution in [3.05, 3.63) is 88.9 Å². The number of nitrogens with zero attached hydrogens (tertiary/aromatic N) is 5. The van der Waals surface area contributed by atoms with Crippen molar-refractivity contribution in [2.24, 2.45) is 0 Å². The maximum atomic E-state index is 12.9. The van der Waals surface area contributed by atoms with Crippen LogP contribution in [0.4, 0.5) is 5.69 Å². The van der Waals surface area contributed by atoms with Crippen LogP contribution in [0.15, 0.2) is 83.3 Å². The van der Waals surface area contributed by atoms with Crippen molar-refractivity contribution in [2.75, 3.05) is 17.2 Å². The summed E-state index contributed by atoms with van der Waals surface area (Å²) in [7, 11) is 0. The number of amides is 1. The second kappa shape index (κ2) is 10.1. The van der Waals surface area contributed by atoms with Crippen molar-refractivity contribution in [1.82, 2.24) is 14.8 Å². The number of nitriles is 1. The molecule has 0 unspecified atom stereocenters. The molecule has 1 amide bonds. The number of thiophene rings is 1. The lowest BCUT2D eigenvalue weighted by Gasteiger charge is -2.19. The van der Waals surface area contributed by atoms with Gasteiger partial charge in [0, 0.05) is 22.7 Å². The molecule has 2 heterocycles. The van der Waals surface area contributed by atoms with Crippen LogP contribution in [0.3, 0.4) is 0 Å². The second-order valence-corrected chi connectivity index (χ2v) is 8.56. The summed E-state index contributed by atoms with van der Waals surface area (Å²) in [5.74, 6) is 0.821. The van der Waals surface area contributed by atoms with E-state index in [-0.39, 0.29) is 18.2 Å². The van der Waals surface area contributed by atoms with Crippen LogP contribution in [0.25, 0.3) is 5.69 Å². The summed E-state index contributed by atoms with van der Waals surface area (Å²) in [6.45, 7) is -0.00158. The number of thioether (sulfide) groups is 1. The number of carbonyl (C=O) groups excluding carboxylic acids is 1. The Morgan fingerprint density at radius 1 is 1.03 bits per heavy atom. The van der Waals surface area contributed by atoms with Gasteiger partial charge in [-0.3, -0.25) is 14.3 Å². The average Bonchev–Trinajstić information content (AvgIpc) is 3.47. The molecule has 0 spiro atoms. The summed E-state index contributed by atoms with van der Waals surface area (Å²) in [4.78, 5) is 15.6. The van der Waals surface area contributed by atoms with Gasteiger partial charge >= 0.3 is 0 Å². The number of carbonyl (C=O) groups is 1. The van der Waals surface area contributed by atoms with E-state index in [1.54, 1.807) is 11.3 Å². The highest BCUT2D eigenvalue weighted by Crippen LogP contribution is 2.25. The molecule has 0 aliphatic carbocycles. The van der Waals surface area contributed by atoms with Crippen molar-refractivity contribution >= 4 is 34.7 Å². The van der Waals surface area contributed by atoms with Crippen LogP contribution in [0.2, 0.25) is 0 Å². The standard InChI is InChI=1S/C23H19N5OS2/c24-13-14-27(18-8-3-1-4-9-18)22(29)17-31-23-26-25-21(16-20-12-7-15-30-20)28(23)19-10-5-2-6-11-19/h1-12,15H,14,16-17H2. The van der Waals surface area contributed by atoms with Crippen LogP contribution in [0.5, 0.6) is 0 Å². The minimum Gasteiger partial charge on any atom is -0.298 e. The molecule has 0 saturated heterocycles. The highest BCUT2D eigenvalue weighted by molar-refractivity contribution is 7.99. The summed E-state index contributed by atoms with van der Waals surface area (Å²) in [5.41, 5.74) is 1.66. The fourth-order valence-corrected chi connectivity index (χ4v) is 4.67. The molecule has 31 heavy (non-hydrogen) atoms. The molecule has 6 nitrogen and oxygen atoms in total. The predicted octanol–water partition coefficient (Wildman–Crippen LogP) is 4.57. The number of anilines is 1. The van der Waals surface area contributed by atoms with E-state index in [0.29, 0.717) is 17.3 Å². The van der Waals surface area contributed by atoms with Gasteiger partial charge in [0.25, 0.3) is 0 Å². The highest BCUT2D eigenvalue weighted by Gasteiger charge is 2.20. The first-order valence-electron chi connectivity index (χ1n) is 9.63. The first kappa shape index (κ1) is 20.8. The molecule has 2 aromatic carbocycles.